The summed E-state index contributed by atoms with van der Waals surface area (Å²) in [4.78, 5) is 58.2. The number of aliphatic imine (C=N–C) groups is 2. The van der Waals surface area contributed by atoms with Gasteiger partial charge in [0.25, 0.3) is 0 Å². The molecule has 0 aromatic heterocycles. The number of hydrogen-bond donors (Lipinski definition) is 9. The number of rotatable bonds is 18. The van der Waals surface area contributed by atoms with Crippen molar-refractivity contribution in [1.82, 2.24) is 16.0 Å². The number of nitrogens with zero attached hydrogens (tertiary/aromatic N) is 2. The SMILES string of the molecule is CCC(C)C(N)C(=O)NC(C(=O)NC(CCCN=C(N)N)C(=O)NC(CCCN=C(N)N)C(=O)O)C(C)C. The van der Waals surface area contributed by atoms with Gasteiger partial charge in [0.1, 0.15) is 18.1 Å². The minimum Gasteiger partial charge on any atom is -0.480 e. The number of guanidine groups is 2. The second-order valence-electron chi connectivity index (χ2n) is 9.50. The molecule has 5 atom stereocenters. The molecule has 0 fully saturated rings. The van der Waals surface area contributed by atoms with Gasteiger partial charge in [-0.3, -0.25) is 24.4 Å². The fourth-order valence-corrected chi connectivity index (χ4v) is 3.36. The van der Waals surface area contributed by atoms with Gasteiger partial charge in [0, 0.05) is 13.1 Å². The van der Waals surface area contributed by atoms with Gasteiger partial charge in [0.05, 0.1) is 6.04 Å². The number of carboxylic acids is 1. The van der Waals surface area contributed by atoms with E-state index in [1.807, 2.05) is 13.8 Å². The maximum atomic E-state index is 13.2. The Hall–Kier alpha value is -3.62. The van der Waals surface area contributed by atoms with Gasteiger partial charge in [-0.05, 0) is 37.5 Å². The molecule has 5 unspecified atom stereocenters. The van der Waals surface area contributed by atoms with E-state index in [0.717, 1.165) is 0 Å². The van der Waals surface area contributed by atoms with Crippen molar-refractivity contribution in [2.24, 2.45) is 50.5 Å². The highest BCUT2D eigenvalue weighted by molar-refractivity contribution is 5.94. The Kier molecular flexibility index (Phi) is 16.1. The molecule has 0 aliphatic carbocycles. The van der Waals surface area contributed by atoms with Crippen molar-refractivity contribution in [3.63, 3.8) is 0 Å². The van der Waals surface area contributed by atoms with E-state index in [4.69, 9.17) is 28.7 Å². The topological polar surface area (TPSA) is 279 Å². The van der Waals surface area contributed by atoms with Crippen molar-refractivity contribution in [2.45, 2.75) is 84.0 Å². The molecule has 0 aromatic rings. The third-order valence-electron chi connectivity index (χ3n) is 5.94. The van der Waals surface area contributed by atoms with Crippen LogP contribution >= 0.6 is 0 Å². The Labute approximate surface area is 223 Å². The highest BCUT2D eigenvalue weighted by Crippen LogP contribution is 2.10. The monoisotopic (exact) mass is 542 g/mol. The molecule has 0 spiro atoms. The third kappa shape index (κ3) is 13.6. The number of nitrogens with one attached hydrogen (secondary N) is 3. The van der Waals surface area contributed by atoms with Crippen LogP contribution < -0.4 is 44.6 Å². The van der Waals surface area contributed by atoms with Crippen LogP contribution in [0, 0.1) is 11.8 Å². The number of aliphatic carboxylic acids is 1. The summed E-state index contributed by atoms with van der Waals surface area (Å²) in [6, 6.07) is -4.12. The van der Waals surface area contributed by atoms with Gasteiger partial charge < -0.3 is 49.7 Å². The minimum absolute atomic E-state index is 0.0602. The van der Waals surface area contributed by atoms with Crippen molar-refractivity contribution in [3.8, 4) is 0 Å². The normalized spacial score (nSPS) is 14.8. The summed E-state index contributed by atoms with van der Waals surface area (Å²) in [5.74, 6) is -3.71. The highest BCUT2D eigenvalue weighted by atomic mass is 16.4. The predicted molar refractivity (Wildman–Crippen MR) is 146 cm³/mol. The Bertz CT molecular complexity index is 840. The first-order valence-corrected chi connectivity index (χ1v) is 12.7. The van der Waals surface area contributed by atoms with Crippen LogP contribution in [0.3, 0.4) is 0 Å². The number of carbonyl (C=O) groups is 4. The van der Waals surface area contributed by atoms with Crippen LogP contribution in [0.5, 0.6) is 0 Å². The van der Waals surface area contributed by atoms with Gasteiger partial charge in [-0.1, -0.05) is 34.1 Å². The van der Waals surface area contributed by atoms with Gasteiger partial charge in [0.15, 0.2) is 11.9 Å². The van der Waals surface area contributed by atoms with Gasteiger partial charge in [-0.15, -0.1) is 0 Å². The summed E-state index contributed by atoms with van der Waals surface area (Å²) in [5.41, 5.74) is 27.2. The van der Waals surface area contributed by atoms with Crippen LogP contribution in [0.4, 0.5) is 0 Å². The first-order valence-electron chi connectivity index (χ1n) is 12.7. The smallest absolute Gasteiger partial charge is 0.326 e. The number of carbonyl (C=O) groups excluding carboxylic acids is 3. The molecular weight excluding hydrogens is 496 g/mol. The molecule has 38 heavy (non-hydrogen) atoms. The van der Waals surface area contributed by atoms with Crippen LogP contribution in [0.15, 0.2) is 9.98 Å². The maximum absolute atomic E-state index is 13.2. The van der Waals surface area contributed by atoms with E-state index >= 15 is 0 Å². The summed E-state index contributed by atoms with van der Waals surface area (Å²) in [6.45, 7) is 7.60. The zero-order valence-electron chi connectivity index (χ0n) is 22.8. The average Bonchev–Trinajstić information content (AvgIpc) is 2.83. The molecule has 0 aromatic carbocycles. The Morgan fingerprint density at radius 3 is 1.66 bits per heavy atom. The van der Waals surface area contributed by atoms with Crippen LogP contribution in [0.25, 0.3) is 0 Å². The van der Waals surface area contributed by atoms with Crippen molar-refractivity contribution >= 4 is 35.6 Å². The molecule has 15 nitrogen and oxygen atoms in total. The standard InChI is InChI=1S/C23H46N10O5/c1-5-13(4)16(24)19(35)33-17(12(2)3)20(36)31-14(8-6-10-29-22(25)26)18(34)32-15(21(37)38)9-7-11-30-23(27)28/h12-17H,5-11,24H2,1-4H3,(H,31,36)(H,32,34)(H,33,35)(H,37,38)(H4,25,26,29)(H4,27,28,30). The number of carboxylic acid groups (broad SMARTS) is 1. The third-order valence-corrected chi connectivity index (χ3v) is 5.94. The number of amides is 3. The molecule has 0 aliphatic heterocycles. The molecule has 0 saturated carbocycles. The van der Waals surface area contributed by atoms with E-state index < -0.39 is 47.9 Å². The lowest BCUT2D eigenvalue weighted by atomic mass is 9.97. The molecule has 15 heteroatoms. The van der Waals surface area contributed by atoms with E-state index in [9.17, 15) is 24.3 Å². The summed E-state index contributed by atoms with van der Waals surface area (Å²) in [6.07, 6.45) is 1.47. The molecule has 0 aliphatic rings. The van der Waals surface area contributed by atoms with Crippen LogP contribution in [-0.2, 0) is 19.2 Å². The fraction of sp³-hybridized carbons (Fsp3) is 0.739. The van der Waals surface area contributed by atoms with Crippen LogP contribution in [0.2, 0.25) is 0 Å². The fourth-order valence-electron chi connectivity index (χ4n) is 3.36. The molecule has 0 saturated heterocycles. The molecular formula is C23H46N10O5. The van der Waals surface area contributed by atoms with Crippen molar-refractivity contribution < 1.29 is 24.3 Å². The maximum Gasteiger partial charge on any atom is 0.326 e. The molecule has 218 valence electrons. The molecule has 14 N–H and O–H groups in total. The van der Waals surface area contributed by atoms with Gasteiger partial charge in [-0.2, -0.15) is 0 Å². The van der Waals surface area contributed by atoms with E-state index in [0.29, 0.717) is 19.3 Å². The number of hydrogen-bond acceptors (Lipinski definition) is 7. The summed E-state index contributed by atoms with van der Waals surface area (Å²) >= 11 is 0. The Morgan fingerprint density at radius 2 is 1.24 bits per heavy atom. The molecule has 0 radical (unpaired) electrons. The molecule has 0 bridgehead atoms. The Morgan fingerprint density at radius 1 is 0.763 bits per heavy atom. The number of nitrogens with two attached hydrogens (primary N) is 5. The van der Waals surface area contributed by atoms with Gasteiger partial charge in [-0.25, -0.2) is 4.79 Å². The second-order valence-corrected chi connectivity index (χ2v) is 9.50. The first kappa shape index (κ1) is 34.4. The Balaban J connectivity index is 5.60. The lowest BCUT2D eigenvalue weighted by Crippen LogP contribution is -2.59. The van der Waals surface area contributed by atoms with Crippen molar-refractivity contribution in [3.05, 3.63) is 0 Å². The van der Waals surface area contributed by atoms with Crippen molar-refractivity contribution in [1.29, 1.82) is 0 Å². The first-order chi connectivity index (χ1) is 17.7. The van der Waals surface area contributed by atoms with E-state index in [1.54, 1.807) is 13.8 Å². The largest absolute Gasteiger partial charge is 0.480 e. The average molecular weight is 543 g/mol. The zero-order chi connectivity index (χ0) is 29.4. The van der Waals surface area contributed by atoms with Crippen LogP contribution in [-0.4, -0.2) is 78.0 Å². The van der Waals surface area contributed by atoms with E-state index in [-0.39, 0.29) is 49.7 Å². The van der Waals surface area contributed by atoms with E-state index in [2.05, 4.69) is 25.9 Å². The van der Waals surface area contributed by atoms with Crippen LogP contribution in [0.1, 0.15) is 59.8 Å². The highest BCUT2D eigenvalue weighted by Gasteiger charge is 2.32. The summed E-state index contributed by atoms with van der Waals surface area (Å²) in [5, 5.41) is 17.3. The summed E-state index contributed by atoms with van der Waals surface area (Å²) < 4.78 is 0. The van der Waals surface area contributed by atoms with Gasteiger partial charge in [0.2, 0.25) is 17.7 Å². The zero-order valence-corrected chi connectivity index (χ0v) is 22.8. The minimum atomic E-state index is -1.25. The molecule has 0 rings (SSSR count). The lowest BCUT2D eigenvalue weighted by molar-refractivity contribution is -0.142. The molecule has 3 amide bonds. The van der Waals surface area contributed by atoms with Crippen molar-refractivity contribution in [2.75, 3.05) is 13.1 Å². The predicted octanol–water partition coefficient (Wildman–Crippen LogP) is -2.34. The van der Waals surface area contributed by atoms with Gasteiger partial charge >= 0.3 is 5.97 Å². The van der Waals surface area contributed by atoms with E-state index in [1.165, 1.54) is 0 Å². The quantitative estimate of drug-likeness (QED) is 0.0505. The lowest BCUT2D eigenvalue weighted by Gasteiger charge is -2.28. The second kappa shape index (κ2) is 17.8. The summed E-state index contributed by atoms with van der Waals surface area (Å²) in [7, 11) is 0. The molecule has 0 heterocycles.